The first-order valence-electron chi connectivity index (χ1n) is 7.83. The summed E-state index contributed by atoms with van der Waals surface area (Å²) in [5.41, 5.74) is 0.745. The SMILES string of the molecule is CC(=O)Nc1noc2c1=CCC(B1CC(C)(C)C(C)(C)O1)C=2. The van der Waals surface area contributed by atoms with Crippen molar-refractivity contribution < 1.29 is 14.0 Å². The fourth-order valence-electron chi connectivity index (χ4n) is 3.23. The van der Waals surface area contributed by atoms with Gasteiger partial charge in [0.25, 0.3) is 0 Å². The van der Waals surface area contributed by atoms with Crippen LogP contribution in [0.5, 0.6) is 0 Å². The number of aromatic nitrogens is 1. The Kier molecular flexibility index (Phi) is 3.47. The minimum Gasteiger partial charge on any atom is -0.430 e. The van der Waals surface area contributed by atoms with E-state index in [1.54, 1.807) is 0 Å². The molecule has 1 aliphatic carbocycles. The molecule has 3 rings (SSSR count). The van der Waals surface area contributed by atoms with Crippen LogP contribution in [0.3, 0.4) is 0 Å². The lowest BCUT2D eigenvalue weighted by atomic mass is 9.49. The Morgan fingerprint density at radius 3 is 2.73 bits per heavy atom. The van der Waals surface area contributed by atoms with Crippen molar-refractivity contribution in [3.8, 4) is 0 Å². The number of hydrogen-bond acceptors (Lipinski definition) is 4. The highest BCUT2D eigenvalue weighted by Crippen LogP contribution is 2.48. The molecule has 1 aromatic heterocycles. The van der Waals surface area contributed by atoms with Gasteiger partial charge in [-0.1, -0.05) is 25.1 Å². The molecule has 1 atom stereocenters. The van der Waals surface area contributed by atoms with Crippen molar-refractivity contribution in [2.45, 2.75) is 58.8 Å². The van der Waals surface area contributed by atoms with Gasteiger partial charge in [0.1, 0.15) is 0 Å². The van der Waals surface area contributed by atoms with E-state index in [1.807, 2.05) is 0 Å². The Morgan fingerprint density at radius 1 is 1.41 bits per heavy atom. The summed E-state index contributed by atoms with van der Waals surface area (Å²) in [5.74, 6) is 0.645. The van der Waals surface area contributed by atoms with Crippen LogP contribution in [-0.2, 0) is 9.45 Å². The number of nitrogens with zero attached hydrogens (tertiary/aromatic N) is 1. The molecule has 1 N–H and O–H groups in total. The number of rotatable bonds is 2. The van der Waals surface area contributed by atoms with E-state index in [4.69, 9.17) is 9.18 Å². The van der Waals surface area contributed by atoms with Gasteiger partial charge in [-0.3, -0.25) is 4.79 Å². The molecule has 6 heteroatoms. The summed E-state index contributed by atoms with van der Waals surface area (Å²) in [4.78, 5) is 11.2. The first-order valence-corrected chi connectivity index (χ1v) is 7.83. The number of amides is 1. The van der Waals surface area contributed by atoms with Gasteiger partial charge in [0, 0.05) is 6.92 Å². The van der Waals surface area contributed by atoms with Crippen LogP contribution in [-0.4, -0.2) is 23.6 Å². The molecule has 1 fully saturated rings. The molecule has 1 amide bonds. The molecular formula is C16H23BN2O3. The van der Waals surface area contributed by atoms with E-state index >= 15 is 0 Å². The Labute approximate surface area is 130 Å². The van der Waals surface area contributed by atoms with Crippen LogP contribution in [0, 0.1) is 5.41 Å². The third kappa shape index (κ3) is 2.49. The monoisotopic (exact) mass is 302 g/mol. The minimum atomic E-state index is -0.144. The molecule has 1 aliphatic heterocycles. The lowest BCUT2D eigenvalue weighted by Crippen LogP contribution is -2.35. The number of anilines is 1. The summed E-state index contributed by atoms with van der Waals surface area (Å²) in [6, 6.07) is 0. The summed E-state index contributed by atoms with van der Waals surface area (Å²) in [6.45, 7) is 10.5. The first kappa shape index (κ1) is 15.3. The minimum absolute atomic E-state index is 0.130. The van der Waals surface area contributed by atoms with E-state index in [2.05, 4.69) is 50.3 Å². The highest BCUT2D eigenvalue weighted by Gasteiger charge is 2.51. The highest BCUT2D eigenvalue weighted by atomic mass is 16.5. The predicted octanol–water partition coefficient (Wildman–Crippen LogP) is 1.79. The third-order valence-corrected chi connectivity index (χ3v) is 5.27. The molecule has 2 heterocycles. The van der Waals surface area contributed by atoms with E-state index in [1.165, 1.54) is 6.92 Å². The van der Waals surface area contributed by atoms with Gasteiger partial charge in [0.2, 0.25) is 5.91 Å². The second kappa shape index (κ2) is 4.98. The lowest BCUT2D eigenvalue weighted by molar-refractivity contribution is -0.114. The summed E-state index contributed by atoms with van der Waals surface area (Å²) < 4.78 is 11.7. The average molecular weight is 302 g/mol. The zero-order valence-electron chi connectivity index (χ0n) is 13.9. The Bertz CT molecular complexity index is 704. The van der Waals surface area contributed by atoms with Crippen molar-refractivity contribution in [3.05, 3.63) is 10.6 Å². The average Bonchev–Trinajstić information content (AvgIpc) is 2.88. The lowest BCUT2D eigenvalue weighted by Gasteiger charge is -2.34. The van der Waals surface area contributed by atoms with Crippen LogP contribution in [0.15, 0.2) is 4.52 Å². The molecule has 1 unspecified atom stereocenters. The molecule has 22 heavy (non-hydrogen) atoms. The molecule has 5 nitrogen and oxygen atoms in total. The molecule has 0 bridgehead atoms. The third-order valence-electron chi connectivity index (χ3n) is 5.27. The van der Waals surface area contributed by atoms with Gasteiger partial charge in [-0.2, -0.15) is 0 Å². The van der Waals surface area contributed by atoms with Crippen molar-refractivity contribution >= 4 is 30.8 Å². The van der Waals surface area contributed by atoms with Gasteiger partial charge >= 0.3 is 6.92 Å². The number of carbonyl (C=O) groups is 1. The second-order valence-corrected chi connectivity index (χ2v) is 7.52. The molecule has 0 radical (unpaired) electrons. The van der Waals surface area contributed by atoms with E-state index in [0.29, 0.717) is 5.82 Å². The number of hydrogen-bond donors (Lipinski definition) is 1. The summed E-state index contributed by atoms with van der Waals surface area (Å²) in [5, 5.41) is 7.52. The Hall–Kier alpha value is -1.56. The molecule has 2 aliphatic rings. The van der Waals surface area contributed by atoms with Gasteiger partial charge in [0.05, 0.1) is 10.8 Å². The number of nitrogens with one attached hydrogen (secondary N) is 1. The van der Waals surface area contributed by atoms with Crippen LogP contribution < -0.4 is 16.0 Å². The first-order chi connectivity index (χ1) is 10.2. The highest BCUT2D eigenvalue weighted by molar-refractivity contribution is 6.56. The van der Waals surface area contributed by atoms with Crippen molar-refractivity contribution in [2.75, 3.05) is 5.32 Å². The van der Waals surface area contributed by atoms with Crippen molar-refractivity contribution in [1.29, 1.82) is 0 Å². The van der Waals surface area contributed by atoms with Crippen LogP contribution in [0.25, 0.3) is 12.2 Å². The fourth-order valence-corrected chi connectivity index (χ4v) is 3.23. The Balaban J connectivity index is 1.86. The molecule has 0 saturated carbocycles. The number of carbonyl (C=O) groups excluding carboxylic acids is 1. The van der Waals surface area contributed by atoms with Gasteiger partial charge in [-0.25, -0.2) is 0 Å². The van der Waals surface area contributed by atoms with Crippen LogP contribution in [0.1, 0.15) is 41.0 Å². The van der Waals surface area contributed by atoms with Gasteiger partial charge in [-0.15, -0.1) is 0 Å². The molecule has 118 valence electrons. The quantitative estimate of drug-likeness (QED) is 0.846. The van der Waals surface area contributed by atoms with Crippen molar-refractivity contribution in [3.63, 3.8) is 0 Å². The van der Waals surface area contributed by atoms with E-state index in [0.717, 1.165) is 23.4 Å². The normalized spacial score (nSPS) is 25.1. The maximum Gasteiger partial charge on any atom is 0.301 e. The molecular weight excluding hydrogens is 279 g/mol. The van der Waals surface area contributed by atoms with Gasteiger partial charge in [-0.05, 0) is 43.9 Å². The van der Waals surface area contributed by atoms with E-state index in [9.17, 15) is 4.79 Å². The largest absolute Gasteiger partial charge is 0.430 e. The van der Waals surface area contributed by atoms with E-state index < -0.39 is 0 Å². The van der Waals surface area contributed by atoms with Crippen LogP contribution >= 0.6 is 0 Å². The standard InChI is InChI=1S/C16H23BN2O3/c1-10(20)18-14-12-7-6-11(8-13(12)21-19-14)17-9-15(2,3)16(4,5)22-17/h7-8,11H,6,9H2,1-5H3,(H,18,19,20). The number of fused-ring (bicyclic) bond motifs is 1. The zero-order chi connectivity index (χ0) is 16.1. The predicted molar refractivity (Wildman–Crippen MR) is 86.9 cm³/mol. The van der Waals surface area contributed by atoms with Crippen LogP contribution in [0.2, 0.25) is 12.1 Å². The van der Waals surface area contributed by atoms with Crippen molar-refractivity contribution in [1.82, 2.24) is 5.16 Å². The van der Waals surface area contributed by atoms with Gasteiger partial charge in [0.15, 0.2) is 11.2 Å². The maximum absolute atomic E-state index is 11.2. The summed E-state index contributed by atoms with van der Waals surface area (Å²) in [7, 11) is 0. The fraction of sp³-hybridized carbons (Fsp3) is 0.625. The summed E-state index contributed by atoms with van der Waals surface area (Å²) in [6.07, 6.45) is 6.08. The second-order valence-electron chi connectivity index (χ2n) is 7.52. The molecule has 1 aromatic rings. The smallest absolute Gasteiger partial charge is 0.301 e. The van der Waals surface area contributed by atoms with Crippen molar-refractivity contribution in [2.24, 2.45) is 5.41 Å². The van der Waals surface area contributed by atoms with E-state index in [-0.39, 0.29) is 29.7 Å². The zero-order valence-corrected chi connectivity index (χ0v) is 13.9. The van der Waals surface area contributed by atoms with Crippen LogP contribution in [0.4, 0.5) is 5.82 Å². The Morgan fingerprint density at radius 2 is 2.14 bits per heavy atom. The topological polar surface area (TPSA) is 64.4 Å². The maximum atomic E-state index is 11.2. The van der Waals surface area contributed by atoms with Gasteiger partial charge < -0.3 is 14.5 Å². The molecule has 1 saturated heterocycles. The summed E-state index contributed by atoms with van der Waals surface area (Å²) >= 11 is 0. The molecule has 0 spiro atoms. The molecule has 0 aromatic carbocycles.